The average molecular weight is 274 g/mol. The molecule has 3 heteroatoms. The molecule has 0 aliphatic carbocycles. The minimum absolute atomic E-state index is 0.114. The van der Waals surface area contributed by atoms with Gasteiger partial charge in [-0.25, -0.2) is 0 Å². The van der Waals surface area contributed by atoms with Crippen LogP contribution in [-0.4, -0.2) is 15.4 Å². The van der Waals surface area contributed by atoms with Crippen molar-refractivity contribution in [2.24, 2.45) is 0 Å². The molecule has 0 saturated heterocycles. The molecule has 0 amide bonds. The molecular formula is C16H19O2P. The van der Waals surface area contributed by atoms with Crippen LogP contribution in [0.15, 0.2) is 48.5 Å². The van der Waals surface area contributed by atoms with E-state index in [1.54, 1.807) is 24.3 Å². The van der Waals surface area contributed by atoms with Crippen LogP contribution in [0.1, 0.15) is 20.8 Å². The summed E-state index contributed by atoms with van der Waals surface area (Å²) in [6.45, 7) is 6.66. The second-order valence-corrected chi connectivity index (χ2v) is 8.58. The molecular weight excluding hydrogens is 255 g/mol. The summed E-state index contributed by atoms with van der Waals surface area (Å²) in [7, 11) is -0.539. The van der Waals surface area contributed by atoms with Crippen molar-refractivity contribution in [1.29, 1.82) is 0 Å². The smallest absolute Gasteiger partial charge is 0.115 e. The van der Waals surface area contributed by atoms with E-state index < -0.39 is 7.92 Å². The van der Waals surface area contributed by atoms with Gasteiger partial charge in [0.2, 0.25) is 0 Å². The molecule has 0 aliphatic rings. The number of phenolic OH excluding ortho intramolecular Hbond substituents is 2. The molecule has 2 rings (SSSR count). The lowest BCUT2D eigenvalue weighted by Gasteiger charge is -2.32. The lowest BCUT2D eigenvalue weighted by atomic mass is 10.2. The Hall–Kier alpha value is -1.53. The first-order chi connectivity index (χ1) is 8.88. The van der Waals surface area contributed by atoms with E-state index >= 15 is 0 Å². The number of aromatic hydroxyl groups is 2. The molecule has 0 radical (unpaired) electrons. The normalized spacial score (nSPS) is 11.8. The summed E-state index contributed by atoms with van der Waals surface area (Å²) < 4.78 is 0. The largest absolute Gasteiger partial charge is 0.508 e. The van der Waals surface area contributed by atoms with Gasteiger partial charge in [0.1, 0.15) is 11.5 Å². The van der Waals surface area contributed by atoms with Gasteiger partial charge in [0.05, 0.1) is 0 Å². The first-order valence-electron chi connectivity index (χ1n) is 6.26. The van der Waals surface area contributed by atoms with E-state index in [-0.39, 0.29) is 5.16 Å². The summed E-state index contributed by atoms with van der Waals surface area (Å²) in [5.74, 6) is 0.580. The first kappa shape index (κ1) is 13.9. The molecule has 0 unspecified atom stereocenters. The van der Waals surface area contributed by atoms with Crippen molar-refractivity contribution in [3.8, 4) is 11.5 Å². The number of rotatable bonds is 2. The van der Waals surface area contributed by atoms with Gasteiger partial charge in [-0.15, -0.1) is 0 Å². The molecule has 100 valence electrons. The summed E-state index contributed by atoms with van der Waals surface area (Å²) >= 11 is 0. The molecule has 2 aromatic rings. The zero-order chi connectivity index (χ0) is 14.0. The standard InChI is InChI=1S/C16H19O2P/c1-16(2,3)19(14-8-4-12(17)5-9-14)15-10-6-13(18)7-11-15/h4-11,17-18H,1-3H3. The van der Waals surface area contributed by atoms with Gasteiger partial charge >= 0.3 is 0 Å². The molecule has 0 spiro atoms. The Balaban J connectivity index is 2.47. The average Bonchev–Trinajstić information content (AvgIpc) is 2.33. The van der Waals surface area contributed by atoms with Crippen molar-refractivity contribution >= 4 is 18.5 Å². The van der Waals surface area contributed by atoms with Crippen molar-refractivity contribution < 1.29 is 10.2 Å². The van der Waals surface area contributed by atoms with Crippen LogP contribution in [-0.2, 0) is 0 Å². The minimum Gasteiger partial charge on any atom is -0.508 e. The van der Waals surface area contributed by atoms with Crippen LogP contribution in [0.4, 0.5) is 0 Å². The van der Waals surface area contributed by atoms with E-state index in [1.165, 1.54) is 10.6 Å². The Morgan fingerprint density at radius 3 is 1.26 bits per heavy atom. The fourth-order valence-corrected chi connectivity index (χ4v) is 4.87. The second kappa shape index (κ2) is 5.22. The number of hydrogen-bond acceptors (Lipinski definition) is 2. The van der Waals surface area contributed by atoms with Crippen LogP contribution in [0.3, 0.4) is 0 Å². The fraction of sp³-hybridized carbons (Fsp3) is 0.250. The van der Waals surface area contributed by atoms with E-state index in [0.717, 1.165) is 0 Å². The number of benzene rings is 2. The van der Waals surface area contributed by atoms with Crippen molar-refractivity contribution in [2.75, 3.05) is 0 Å². The van der Waals surface area contributed by atoms with Gasteiger partial charge in [0.15, 0.2) is 0 Å². The summed E-state index contributed by atoms with van der Waals surface area (Å²) in [5, 5.41) is 21.4. The highest BCUT2D eigenvalue weighted by atomic mass is 31.1. The third-order valence-electron chi connectivity index (χ3n) is 2.89. The monoisotopic (exact) mass is 274 g/mol. The second-order valence-electron chi connectivity index (χ2n) is 5.54. The van der Waals surface area contributed by atoms with Gasteiger partial charge in [-0.05, 0) is 48.0 Å². The van der Waals surface area contributed by atoms with Gasteiger partial charge in [-0.3, -0.25) is 0 Å². The van der Waals surface area contributed by atoms with Crippen LogP contribution in [0.5, 0.6) is 11.5 Å². The fourth-order valence-electron chi connectivity index (χ4n) is 2.13. The first-order valence-corrected chi connectivity index (χ1v) is 7.60. The maximum Gasteiger partial charge on any atom is 0.115 e. The molecule has 0 bridgehead atoms. The predicted octanol–water partition coefficient (Wildman–Crippen LogP) is 3.33. The molecule has 0 aliphatic heterocycles. The van der Waals surface area contributed by atoms with Gasteiger partial charge in [-0.2, -0.15) is 0 Å². The van der Waals surface area contributed by atoms with Crippen LogP contribution in [0.2, 0.25) is 0 Å². The molecule has 2 N–H and O–H groups in total. The molecule has 2 nitrogen and oxygen atoms in total. The number of phenols is 2. The summed E-state index contributed by atoms with van der Waals surface area (Å²) in [6.07, 6.45) is 0. The summed E-state index contributed by atoms with van der Waals surface area (Å²) in [6, 6.07) is 14.9. The van der Waals surface area contributed by atoms with Crippen LogP contribution < -0.4 is 10.6 Å². The molecule has 0 atom stereocenters. The van der Waals surface area contributed by atoms with Crippen molar-refractivity contribution in [3.63, 3.8) is 0 Å². The minimum atomic E-state index is -0.539. The van der Waals surface area contributed by atoms with Gasteiger partial charge in [-0.1, -0.05) is 45.0 Å². The molecule has 0 fully saturated rings. The third-order valence-corrected chi connectivity index (χ3v) is 5.86. The van der Waals surface area contributed by atoms with Crippen LogP contribution in [0.25, 0.3) is 0 Å². The maximum atomic E-state index is 9.42. The molecule has 0 saturated carbocycles. The molecule has 19 heavy (non-hydrogen) atoms. The Kier molecular flexibility index (Phi) is 3.82. The van der Waals surface area contributed by atoms with Gasteiger partial charge < -0.3 is 10.2 Å². The highest BCUT2D eigenvalue weighted by Crippen LogP contribution is 2.47. The van der Waals surface area contributed by atoms with Gasteiger partial charge in [0, 0.05) is 0 Å². The Bertz CT molecular complexity index is 493. The molecule has 0 aromatic heterocycles. The Labute approximate surface area is 115 Å². The predicted molar refractivity (Wildman–Crippen MR) is 82.2 cm³/mol. The highest BCUT2D eigenvalue weighted by molar-refractivity contribution is 7.74. The van der Waals surface area contributed by atoms with Crippen LogP contribution >= 0.6 is 7.92 Å². The molecule has 0 heterocycles. The Morgan fingerprint density at radius 2 is 1.00 bits per heavy atom. The van der Waals surface area contributed by atoms with E-state index in [4.69, 9.17) is 0 Å². The van der Waals surface area contributed by atoms with E-state index in [2.05, 4.69) is 20.8 Å². The Morgan fingerprint density at radius 1 is 0.684 bits per heavy atom. The van der Waals surface area contributed by atoms with Crippen molar-refractivity contribution in [2.45, 2.75) is 25.9 Å². The van der Waals surface area contributed by atoms with Crippen molar-refractivity contribution in [3.05, 3.63) is 48.5 Å². The molecule has 2 aromatic carbocycles. The zero-order valence-corrected chi connectivity index (χ0v) is 12.4. The topological polar surface area (TPSA) is 40.5 Å². The lowest BCUT2D eigenvalue weighted by molar-refractivity contribution is 0.475. The van der Waals surface area contributed by atoms with Gasteiger partial charge in [0.25, 0.3) is 0 Å². The summed E-state index contributed by atoms with van der Waals surface area (Å²) in [4.78, 5) is 0. The number of hydrogen-bond donors (Lipinski definition) is 2. The zero-order valence-electron chi connectivity index (χ0n) is 11.5. The lowest BCUT2D eigenvalue weighted by Crippen LogP contribution is -2.26. The third kappa shape index (κ3) is 3.27. The maximum absolute atomic E-state index is 9.42. The van der Waals surface area contributed by atoms with Crippen LogP contribution in [0, 0.1) is 0 Å². The highest BCUT2D eigenvalue weighted by Gasteiger charge is 2.27. The summed E-state index contributed by atoms with van der Waals surface area (Å²) in [5.41, 5.74) is 0. The van der Waals surface area contributed by atoms with Crippen molar-refractivity contribution in [1.82, 2.24) is 0 Å². The van der Waals surface area contributed by atoms with E-state index in [9.17, 15) is 10.2 Å². The quantitative estimate of drug-likeness (QED) is 0.825. The SMILES string of the molecule is CC(C)(C)P(c1ccc(O)cc1)c1ccc(O)cc1. The van der Waals surface area contributed by atoms with E-state index in [1.807, 2.05) is 24.3 Å². The van der Waals surface area contributed by atoms with E-state index in [0.29, 0.717) is 11.5 Å².